The van der Waals surface area contributed by atoms with E-state index in [1.165, 1.54) is 22.3 Å². The predicted octanol–water partition coefficient (Wildman–Crippen LogP) is 6.00. The molecule has 0 aliphatic carbocycles. The molecule has 0 radical (unpaired) electrons. The van der Waals surface area contributed by atoms with Crippen LogP contribution in [-0.4, -0.2) is 5.11 Å². The van der Waals surface area contributed by atoms with Crippen LogP contribution in [0.5, 0.6) is 5.75 Å². The van der Waals surface area contributed by atoms with Crippen molar-refractivity contribution >= 4 is 0 Å². The van der Waals surface area contributed by atoms with Gasteiger partial charge < -0.3 is 5.11 Å². The molecule has 1 N–H and O–H groups in total. The predicted molar refractivity (Wildman–Crippen MR) is 101 cm³/mol. The third-order valence-electron chi connectivity index (χ3n) is 5.02. The second-order valence-corrected chi connectivity index (χ2v) is 6.48. The lowest BCUT2D eigenvalue weighted by atomic mass is 9.80. The number of hydrogen-bond donors (Lipinski definition) is 1. The first-order valence-corrected chi connectivity index (χ1v) is 8.52. The summed E-state index contributed by atoms with van der Waals surface area (Å²) in [6.45, 7) is 6.48. The molecule has 0 fully saturated rings. The van der Waals surface area contributed by atoms with Crippen LogP contribution in [0.25, 0.3) is 0 Å². The van der Waals surface area contributed by atoms with Gasteiger partial charge in [-0.25, -0.2) is 0 Å². The minimum Gasteiger partial charge on any atom is -0.508 e. The van der Waals surface area contributed by atoms with E-state index >= 15 is 0 Å². The second-order valence-electron chi connectivity index (χ2n) is 6.48. The summed E-state index contributed by atoms with van der Waals surface area (Å²) in [5.41, 5.74) is 6.06. The van der Waals surface area contributed by atoms with Gasteiger partial charge in [0.25, 0.3) is 0 Å². The number of benzene rings is 3. The van der Waals surface area contributed by atoms with Crippen molar-refractivity contribution in [1.82, 2.24) is 0 Å². The quantitative estimate of drug-likeness (QED) is 0.625. The van der Waals surface area contributed by atoms with Gasteiger partial charge in [0.05, 0.1) is 0 Å². The van der Waals surface area contributed by atoms with Crippen molar-refractivity contribution in [3.8, 4) is 5.75 Å². The van der Waals surface area contributed by atoms with Gasteiger partial charge in [0.2, 0.25) is 0 Å². The molecule has 122 valence electrons. The molecule has 0 bridgehead atoms. The Bertz CT molecular complexity index is 806. The average Bonchev–Trinajstić information content (AvgIpc) is 2.64. The van der Waals surface area contributed by atoms with Crippen LogP contribution in [0.4, 0.5) is 0 Å². The minimum atomic E-state index is 0.236. The molecule has 1 heteroatoms. The number of hydrogen-bond acceptors (Lipinski definition) is 1. The van der Waals surface area contributed by atoms with Gasteiger partial charge in [-0.3, -0.25) is 0 Å². The number of phenols is 1. The Balaban J connectivity index is 2.12. The first-order valence-electron chi connectivity index (χ1n) is 8.52. The van der Waals surface area contributed by atoms with Crippen molar-refractivity contribution in [3.63, 3.8) is 0 Å². The van der Waals surface area contributed by atoms with Crippen molar-refractivity contribution < 1.29 is 5.11 Å². The van der Waals surface area contributed by atoms with Crippen LogP contribution in [0.15, 0.2) is 72.8 Å². The molecular weight excluding hydrogens is 292 g/mol. The van der Waals surface area contributed by atoms with E-state index in [0.717, 1.165) is 5.56 Å². The largest absolute Gasteiger partial charge is 0.508 e. The van der Waals surface area contributed by atoms with Crippen LogP contribution in [-0.2, 0) is 0 Å². The highest BCUT2D eigenvalue weighted by Gasteiger charge is 2.21. The lowest BCUT2D eigenvalue weighted by molar-refractivity contribution is 0.469. The maximum Gasteiger partial charge on any atom is 0.118 e. The van der Waals surface area contributed by atoms with Gasteiger partial charge in [-0.1, -0.05) is 80.6 Å². The Kier molecular flexibility index (Phi) is 4.71. The molecule has 0 saturated heterocycles. The summed E-state index contributed by atoms with van der Waals surface area (Å²) in [5, 5.41) is 10.3. The van der Waals surface area contributed by atoms with E-state index in [2.05, 4.69) is 68.4 Å². The van der Waals surface area contributed by atoms with E-state index < -0.39 is 0 Å². The fraction of sp³-hybridized carbons (Fsp3) is 0.217. The molecule has 1 nitrogen and oxygen atoms in total. The van der Waals surface area contributed by atoms with Crippen molar-refractivity contribution in [2.75, 3.05) is 0 Å². The molecule has 24 heavy (non-hydrogen) atoms. The average molecular weight is 316 g/mol. The van der Waals surface area contributed by atoms with Crippen molar-refractivity contribution in [3.05, 3.63) is 101 Å². The summed E-state index contributed by atoms with van der Waals surface area (Å²) < 4.78 is 0. The lowest BCUT2D eigenvalue weighted by Crippen LogP contribution is -2.07. The van der Waals surface area contributed by atoms with E-state index in [9.17, 15) is 5.11 Å². The molecule has 3 rings (SSSR count). The topological polar surface area (TPSA) is 20.2 Å². The maximum absolute atomic E-state index is 10.3. The molecule has 2 atom stereocenters. The van der Waals surface area contributed by atoms with E-state index in [0.29, 0.717) is 5.75 Å². The number of rotatable bonds is 4. The Labute approximate surface area is 144 Å². The third-order valence-corrected chi connectivity index (χ3v) is 5.02. The van der Waals surface area contributed by atoms with Crippen LogP contribution >= 0.6 is 0 Å². The zero-order valence-electron chi connectivity index (χ0n) is 14.5. The summed E-state index contributed by atoms with van der Waals surface area (Å²) in [7, 11) is 0. The third kappa shape index (κ3) is 3.07. The molecule has 0 amide bonds. The molecule has 0 saturated carbocycles. The van der Waals surface area contributed by atoms with E-state index in [1.54, 1.807) is 0 Å². The van der Waals surface area contributed by atoms with Crippen LogP contribution in [0.3, 0.4) is 0 Å². The van der Waals surface area contributed by atoms with Crippen LogP contribution in [0.1, 0.15) is 53.5 Å². The number of aromatic hydroxyl groups is 1. The summed E-state index contributed by atoms with van der Waals surface area (Å²) in [6, 6.07) is 25.0. The minimum absolute atomic E-state index is 0.236. The summed E-state index contributed by atoms with van der Waals surface area (Å²) in [5.74, 6) is 0.892. The molecule has 2 unspecified atom stereocenters. The van der Waals surface area contributed by atoms with E-state index in [-0.39, 0.29) is 11.8 Å². The summed E-state index contributed by atoms with van der Waals surface area (Å²) in [4.78, 5) is 0. The highest BCUT2D eigenvalue weighted by atomic mass is 16.3. The van der Waals surface area contributed by atoms with Gasteiger partial charge in [0.1, 0.15) is 5.75 Å². The van der Waals surface area contributed by atoms with Crippen molar-refractivity contribution in [2.45, 2.75) is 32.6 Å². The fourth-order valence-corrected chi connectivity index (χ4v) is 3.52. The number of phenolic OH excluding ortho intramolecular Hbond substituents is 1. The molecule has 0 heterocycles. The molecule has 0 aliphatic rings. The van der Waals surface area contributed by atoms with Gasteiger partial charge in [0, 0.05) is 11.8 Å². The standard InChI is InChI=1S/C23H24O/c1-16(19-10-6-4-7-11-19)21-14-15-22(24)18(3)23(21)17(2)20-12-8-5-9-13-20/h4-17,24H,1-3H3. The molecular formula is C23H24O. The normalized spacial score (nSPS) is 13.5. The van der Waals surface area contributed by atoms with Crippen molar-refractivity contribution in [2.24, 2.45) is 0 Å². The fourth-order valence-electron chi connectivity index (χ4n) is 3.52. The lowest BCUT2D eigenvalue weighted by Gasteiger charge is -2.24. The van der Waals surface area contributed by atoms with Crippen LogP contribution in [0.2, 0.25) is 0 Å². The Morgan fingerprint density at radius 2 is 1.17 bits per heavy atom. The van der Waals surface area contributed by atoms with Crippen molar-refractivity contribution in [1.29, 1.82) is 0 Å². The second kappa shape index (κ2) is 6.92. The molecule has 0 aliphatic heterocycles. The molecule has 0 aromatic heterocycles. The van der Waals surface area contributed by atoms with E-state index in [4.69, 9.17) is 0 Å². The van der Waals surface area contributed by atoms with Gasteiger partial charge in [-0.2, -0.15) is 0 Å². The van der Waals surface area contributed by atoms with Crippen LogP contribution < -0.4 is 0 Å². The summed E-state index contributed by atoms with van der Waals surface area (Å²) >= 11 is 0. The Morgan fingerprint density at radius 3 is 1.71 bits per heavy atom. The van der Waals surface area contributed by atoms with Crippen LogP contribution in [0, 0.1) is 6.92 Å². The zero-order valence-corrected chi connectivity index (χ0v) is 14.5. The van der Waals surface area contributed by atoms with Gasteiger partial charge in [0.15, 0.2) is 0 Å². The smallest absolute Gasteiger partial charge is 0.118 e. The zero-order chi connectivity index (χ0) is 17.1. The van der Waals surface area contributed by atoms with E-state index in [1.807, 2.05) is 25.1 Å². The monoisotopic (exact) mass is 316 g/mol. The molecule has 3 aromatic rings. The highest BCUT2D eigenvalue weighted by Crippen LogP contribution is 2.38. The maximum atomic E-state index is 10.3. The van der Waals surface area contributed by atoms with Gasteiger partial charge in [-0.15, -0.1) is 0 Å². The Hall–Kier alpha value is -2.54. The van der Waals surface area contributed by atoms with Gasteiger partial charge >= 0.3 is 0 Å². The molecule has 0 spiro atoms. The SMILES string of the molecule is Cc1c(O)ccc(C(C)c2ccccc2)c1C(C)c1ccccc1. The summed E-state index contributed by atoms with van der Waals surface area (Å²) in [6.07, 6.45) is 0. The first kappa shape index (κ1) is 16.3. The van der Waals surface area contributed by atoms with Gasteiger partial charge in [-0.05, 0) is 40.8 Å². The first-order chi connectivity index (χ1) is 11.6. The molecule has 3 aromatic carbocycles. The highest BCUT2D eigenvalue weighted by molar-refractivity contribution is 5.51. The Morgan fingerprint density at radius 1 is 0.667 bits per heavy atom.